The van der Waals surface area contributed by atoms with Crippen molar-refractivity contribution in [3.05, 3.63) is 35.9 Å². The topological polar surface area (TPSA) is 70.1 Å². The number of amides is 1. The van der Waals surface area contributed by atoms with Crippen LogP contribution in [0.3, 0.4) is 0 Å². The molecule has 0 bridgehead atoms. The SMILES string of the molecule is CCN(C(=O)OCc1ccccc1)C1(C(=O)O)CCCN(C)C1. The highest BCUT2D eigenvalue weighted by Crippen LogP contribution is 2.28. The number of hydrogen-bond acceptors (Lipinski definition) is 4. The van der Waals surface area contributed by atoms with E-state index in [2.05, 4.69) is 0 Å². The molecule has 0 aliphatic carbocycles. The number of ether oxygens (including phenoxy) is 1. The number of hydrogen-bond donors (Lipinski definition) is 1. The summed E-state index contributed by atoms with van der Waals surface area (Å²) in [4.78, 5) is 27.7. The van der Waals surface area contributed by atoms with Crippen LogP contribution in [0.4, 0.5) is 4.79 Å². The van der Waals surface area contributed by atoms with E-state index in [0.717, 1.165) is 18.5 Å². The second-order valence-electron chi connectivity index (χ2n) is 5.96. The van der Waals surface area contributed by atoms with Gasteiger partial charge < -0.3 is 14.7 Å². The van der Waals surface area contributed by atoms with Crippen LogP contribution in [0, 0.1) is 0 Å². The highest BCUT2D eigenvalue weighted by atomic mass is 16.6. The van der Waals surface area contributed by atoms with Crippen LogP contribution in [-0.4, -0.2) is 59.2 Å². The fourth-order valence-corrected chi connectivity index (χ4v) is 3.16. The lowest BCUT2D eigenvalue weighted by Gasteiger charge is -2.44. The summed E-state index contributed by atoms with van der Waals surface area (Å²) in [5, 5.41) is 9.77. The summed E-state index contributed by atoms with van der Waals surface area (Å²) in [6, 6.07) is 9.36. The molecule has 1 amide bonds. The Bertz CT molecular complexity index is 549. The predicted octanol–water partition coefficient (Wildman–Crippen LogP) is 2.19. The first kappa shape index (κ1) is 17.3. The zero-order valence-corrected chi connectivity index (χ0v) is 13.7. The second kappa shape index (κ2) is 7.46. The molecule has 1 fully saturated rings. The van der Waals surface area contributed by atoms with Crippen molar-refractivity contribution >= 4 is 12.1 Å². The standard InChI is InChI=1S/C17H24N2O4/c1-3-19(16(22)23-12-14-8-5-4-6-9-14)17(15(20)21)10-7-11-18(2)13-17/h4-6,8-9H,3,7,10-13H2,1-2H3,(H,20,21). The molecule has 1 aliphatic heterocycles. The van der Waals surface area contributed by atoms with Gasteiger partial charge in [0.1, 0.15) is 6.61 Å². The number of rotatable bonds is 5. The number of carboxylic acid groups (broad SMARTS) is 1. The largest absolute Gasteiger partial charge is 0.479 e. The number of piperidine rings is 1. The quantitative estimate of drug-likeness (QED) is 0.900. The lowest BCUT2D eigenvalue weighted by molar-refractivity contribution is -0.154. The number of likely N-dealkylation sites (N-methyl/N-ethyl adjacent to an activating group) is 2. The maximum absolute atomic E-state index is 12.5. The first-order valence-electron chi connectivity index (χ1n) is 7.90. The third kappa shape index (κ3) is 3.82. The van der Waals surface area contributed by atoms with E-state index in [1.54, 1.807) is 6.92 Å². The molecular formula is C17H24N2O4. The van der Waals surface area contributed by atoms with E-state index in [-0.39, 0.29) is 6.61 Å². The number of aliphatic carboxylic acids is 1. The van der Waals surface area contributed by atoms with Gasteiger partial charge in [0.2, 0.25) is 0 Å². The van der Waals surface area contributed by atoms with Gasteiger partial charge in [0.25, 0.3) is 0 Å². The molecular weight excluding hydrogens is 296 g/mol. The Labute approximate surface area is 136 Å². The lowest BCUT2D eigenvalue weighted by Crippen LogP contribution is -2.64. The molecule has 1 aromatic carbocycles. The van der Waals surface area contributed by atoms with Crippen molar-refractivity contribution in [1.82, 2.24) is 9.80 Å². The molecule has 0 spiro atoms. The first-order chi connectivity index (χ1) is 11.0. The molecule has 1 atom stereocenters. The number of carboxylic acids is 1. The minimum Gasteiger partial charge on any atom is -0.479 e. The molecule has 1 aliphatic rings. The van der Waals surface area contributed by atoms with E-state index in [4.69, 9.17) is 4.74 Å². The molecule has 0 radical (unpaired) electrons. The smallest absolute Gasteiger partial charge is 0.411 e. The van der Waals surface area contributed by atoms with Gasteiger partial charge in [-0.1, -0.05) is 30.3 Å². The van der Waals surface area contributed by atoms with Crippen molar-refractivity contribution in [2.45, 2.75) is 31.9 Å². The zero-order valence-electron chi connectivity index (χ0n) is 13.7. The number of likely N-dealkylation sites (tertiary alicyclic amines) is 1. The van der Waals surface area contributed by atoms with Gasteiger partial charge >= 0.3 is 12.1 Å². The Balaban J connectivity index is 2.12. The zero-order chi connectivity index (χ0) is 16.9. The average molecular weight is 320 g/mol. The first-order valence-corrected chi connectivity index (χ1v) is 7.90. The third-order valence-electron chi connectivity index (χ3n) is 4.32. The van der Waals surface area contributed by atoms with Crippen LogP contribution in [0.5, 0.6) is 0 Å². The number of carbonyl (C=O) groups is 2. The van der Waals surface area contributed by atoms with Gasteiger partial charge in [-0.25, -0.2) is 9.59 Å². The van der Waals surface area contributed by atoms with E-state index in [9.17, 15) is 14.7 Å². The molecule has 1 aromatic rings. The van der Waals surface area contributed by atoms with Crippen LogP contribution in [0.15, 0.2) is 30.3 Å². The summed E-state index contributed by atoms with van der Waals surface area (Å²) in [7, 11) is 1.87. The van der Waals surface area contributed by atoms with Gasteiger partial charge in [-0.2, -0.15) is 0 Å². The van der Waals surface area contributed by atoms with Crippen molar-refractivity contribution in [3.8, 4) is 0 Å². The Kier molecular flexibility index (Phi) is 5.60. The van der Waals surface area contributed by atoms with Crippen molar-refractivity contribution in [2.24, 2.45) is 0 Å². The Morgan fingerprint density at radius 2 is 2.04 bits per heavy atom. The van der Waals surface area contributed by atoms with E-state index < -0.39 is 17.6 Å². The molecule has 1 unspecified atom stereocenters. The van der Waals surface area contributed by atoms with Crippen molar-refractivity contribution in [1.29, 1.82) is 0 Å². The maximum Gasteiger partial charge on any atom is 0.411 e. The summed E-state index contributed by atoms with van der Waals surface area (Å²) in [5.41, 5.74) is -0.336. The van der Waals surface area contributed by atoms with Crippen LogP contribution >= 0.6 is 0 Å². The fraction of sp³-hybridized carbons (Fsp3) is 0.529. The van der Waals surface area contributed by atoms with E-state index in [1.807, 2.05) is 42.3 Å². The van der Waals surface area contributed by atoms with Gasteiger partial charge in [-0.05, 0) is 38.9 Å². The van der Waals surface area contributed by atoms with Crippen LogP contribution in [0.2, 0.25) is 0 Å². The van der Waals surface area contributed by atoms with E-state index in [0.29, 0.717) is 19.5 Å². The Morgan fingerprint density at radius 3 is 2.61 bits per heavy atom. The summed E-state index contributed by atoms with van der Waals surface area (Å²) in [6.07, 6.45) is 0.612. The molecule has 1 saturated heterocycles. The molecule has 0 aromatic heterocycles. The normalized spacial score (nSPS) is 21.7. The van der Waals surface area contributed by atoms with Crippen molar-refractivity contribution < 1.29 is 19.4 Å². The number of nitrogens with zero attached hydrogens (tertiary/aromatic N) is 2. The summed E-state index contributed by atoms with van der Waals surface area (Å²) < 4.78 is 5.35. The van der Waals surface area contributed by atoms with E-state index >= 15 is 0 Å². The molecule has 6 heteroatoms. The van der Waals surface area contributed by atoms with Gasteiger partial charge in [-0.3, -0.25) is 4.90 Å². The molecule has 23 heavy (non-hydrogen) atoms. The van der Waals surface area contributed by atoms with E-state index in [1.165, 1.54) is 4.90 Å². The Morgan fingerprint density at radius 1 is 1.35 bits per heavy atom. The minimum atomic E-state index is -1.21. The Hall–Kier alpha value is -2.08. The van der Waals surface area contributed by atoms with Crippen LogP contribution in [-0.2, 0) is 16.1 Å². The molecule has 1 N–H and O–H groups in total. The van der Waals surface area contributed by atoms with Crippen molar-refractivity contribution in [3.63, 3.8) is 0 Å². The summed E-state index contributed by atoms with van der Waals surface area (Å²) >= 11 is 0. The van der Waals surface area contributed by atoms with Gasteiger partial charge in [-0.15, -0.1) is 0 Å². The van der Waals surface area contributed by atoms with Gasteiger partial charge in [0.15, 0.2) is 5.54 Å². The minimum absolute atomic E-state index is 0.141. The summed E-state index contributed by atoms with van der Waals surface area (Å²) in [6.45, 7) is 3.38. The van der Waals surface area contributed by atoms with Gasteiger partial charge in [0, 0.05) is 13.1 Å². The molecule has 1 heterocycles. The van der Waals surface area contributed by atoms with Crippen LogP contribution in [0.25, 0.3) is 0 Å². The molecule has 0 saturated carbocycles. The van der Waals surface area contributed by atoms with Crippen LogP contribution in [0.1, 0.15) is 25.3 Å². The van der Waals surface area contributed by atoms with Gasteiger partial charge in [0.05, 0.1) is 0 Å². The second-order valence-corrected chi connectivity index (χ2v) is 5.96. The lowest BCUT2D eigenvalue weighted by atomic mass is 9.87. The third-order valence-corrected chi connectivity index (χ3v) is 4.32. The fourth-order valence-electron chi connectivity index (χ4n) is 3.16. The monoisotopic (exact) mass is 320 g/mol. The van der Waals surface area contributed by atoms with Crippen LogP contribution < -0.4 is 0 Å². The van der Waals surface area contributed by atoms with Crippen molar-refractivity contribution in [2.75, 3.05) is 26.7 Å². The average Bonchev–Trinajstić information content (AvgIpc) is 2.54. The maximum atomic E-state index is 12.5. The highest BCUT2D eigenvalue weighted by molar-refractivity contribution is 5.85. The number of carbonyl (C=O) groups excluding carboxylic acids is 1. The predicted molar refractivity (Wildman–Crippen MR) is 86.1 cm³/mol. The number of benzene rings is 1. The molecule has 126 valence electrons. The summed E-state index contributed by atoms with van der Waals surface area (Å²) in [5.74, 6) is -0.970. The molecule has 6 nitrogen and oxygen atoms in total. The molecule has 2 rings (SSSR count). The highest BCUT2D eigenvalue weighted by Gasteiger charge is 2.48.